The van der Waals surface area contributed by atoms with Crippen LogP contribution in [0.1, 0.15) is 22.2 Å². The molecule has 22 heavy (non-hydrogen) atoms. The Morgan fingerprint density at radius 3 is 3.00 bits per heavy atom. The minimum atomic E-state index is -3.52. The number of sulfonamides is 1. The minimum Gasteiger partial charge on any atom is -0.338 e. The third-order valence-electron chi connectivity index (χ3n) is 3.48. The van der Waals surface area contributed by atoms with Crippen molar-refractivity contribution in [2.75, 3.05) is 6.54 Å². The fraction of sp³-hybridized carbons (Fsp3) is 0.385. The average molecular weight is 357 g/mol. The van der Waals surface area contributed by atoms with Crippen LogP contribution in [-0.4, -0.2) is 30.1 Å². The molecule has 0 spiro atoms. The van der Waals surface area contributed by atoms with Gasteiger partial charge in [-0.05, 0) is 35.6 Å². The minimum absolute atomic E-state index is 0.0181. The second-order valence-electron chi connectivity index (χ2n) is 5.01. The summed E-state index contributed by atoms with van der Waals surface area (Å²) in [5.74, 6) is 0.0181. The lowest BCUT2D eigenvalue weighted by Gasteiger charge is -2.25. The summed E-state index contributed by atoms with van der Waals surface area (Å²) in [5.41, 5.74) is 0.935. The maximum atomic E-state index is 12.4. The van der Waals surface area contributed by atoms with Gasteiger partial charge in [0, 0.05) is 42.5 Å². The summed E-state index contributed by atoms with van der Waals surface area (Å²) in [4.78, 5) is 15.1. The number of carbonyl (C=O) groups is 1. The first kappa shape index (κ1) is 15.6. The molecule has 0 saturated carbocycles. The summed E-state index contributed by atoms with van der Waals surface area (Å²) in [5, 5.41) is 0. The molecular weight excluding hydrogens is 342 g/mol. The number of thiophene rings is 1. The number of nitrogens with zero attached hydrogens (tertiary/aromatic N) is 2. The third kappa shape index (κ3) is 3.22. The lowest BCUT2D eigenvalue weighted by atomic mass is 10.1. The van der Waals surface area contributed by atoms with Gasteiger partial charge in [0.1, 0.15) is 4.21 Å². The van der Waals surface area contributed by atoms with Crippen molar-refractivity contribution < 1.29 is 13.2 Å². The average Bonchev–Trinajstić information content (AvgIpc) is 3.13. The predicted octanol–water partition coefficient (Wildman–Crippen LogP) is 1.59. The monoisotopic (exact) mass is 357 g/mol. The zero-order valence-corrected chi connectivity index (χ0v) is 14.4. The zero-order chi connectivity index (χ0) is 15.7. The normalized spacial score (nSPS) is 14.9. The van der Waals surface area contributed by atoms with Crippen molar-refractivity contribution >= 4 is 38.8 Å². The molecule has 2 aromatic heterocycles. The van der Waals surface area contributed by atoms with Crippen molar-refractivity contribution in [2.45, 2.75) is 30.6 Å². The first-order valence-electron chi connectivity index (χ1n) is 6.72. The highest BCUT2D eigenvalue weighted by Gasteiger charge is 2.25. The molecule has 2 aromatic rings. The first-order valence-corrected chi connectivity index (χ1v) is 9.79. The van der Waals surface area contributed by atoms with Crippen LogP contribution in [0.4, 0.5) is 0 Å². The summed E-state index contributed by atoms with van der Waals surface area (Å²) in [6.45, 7) is 2.92. The molecule has 3 heterocycles. The summed E-state index contributed by atoms with van der Waals surface area (Å²) >= 11 is 2.56. The summed E-state index contributed by atoms with van der Waals surface area (Å²) in [7, 11) is -3.52. The third-order valence-corrected chi connectivity index (χ3v) is 7.34. The van der Waals surface area contributed by atoms with Gasteiger partial charge in [0.05, 0.1) is 0 Å². The van der Waals surface area contributed by atoms with E-state index >= 15 is 0 Å². The van der Waals surface area contributed by atoms with Crippen molar-refractivity contribution in [3.05, 3.63) is 33.6 Å². The van der Waals surface area contributed by atoms with Crippen molar-refractivity contribution in [3.63, 3.8) is 0 Å². The number of hydrogen-bond acceptors (Lipinski definition) is 6. The zero-order valence-electron chi connectivity index (χ0n) is 11.9. The van der Waals surface area contributed by atoms with E-state index < -0.39 is 10.0 Å². The van der Waals surface area contributed by atoms with E-state index in [2.05, 4.69) is 9.10 Å². The van der Waals surface area contributed by atoms with E-state index in [9.17, 15) is 13.2 Å². The Morgan fingerprint density at radius 1 is 1.50 bits per heavy atom. The van der Waals surface area contributed by atoms with Gasteiger partial charge in [-0.2, -0.15) is 0 Å². The van der Waals surface area contributed by atoms with E-state index in [1.807, 2.05) is 0 Å². The lowest BCUT2D eigenvalue weighted by molar-refractivity contribution is -0.129. The Bertz CT molecular complexity index is 781. The number of hydrogen-bond donors (Lipinski definition) is 1. The second-order valence-corrected chi connectivity index (χ2v) is 9.06. The molecule has 1 amide bonds. The molecule has 9 heteroatoms. The highest BCUT2D eigenvalue weighted by molar-refractivity contribution is 7.91. The molecule has 6 nitrogen and oxygen atoms in total. The Hall–Kier alpha value is -1.29. The molecule has 118 valence electrons. The van der Waals surface area contributed by atoms with Crippen LogP contribution < -0.4 is 4.72 Å². The van der Waals surface area contributed by atoms with Gasteiger partial charge in [-0.15, -0.1) is 11.3 Å². The molecule has 0 bridgehead atoms. The number of carbonyl (C=O) groups excluding carboxylic acids is 1. The largest absolute Gasteiger partial charge is 0.338 e. The van der Waals surface area contributed by atoms with Crippen molar-refractivity contribution in [1.29, 1.82) is 0 Å². The molecule has 0 fully saturated rings. The van der Waals surface area contributed by atoms with E-state index in [0.717, 1.165) is 15.3 Å². The fourth-order valence-corrected chi connectivity index (χ4v) is 5.48. The highest BCUT2D eigenvalue weighted by Crippen LogP contribution is 2.31. The summed E-state index contributed by atoms with van der Waals surface area (Å²) in [6.07, 6.45) is 2.36. The van der Waals surface area contributed by atoms with Crippen LogP contribution in [-0.2, 0) is 34.3 Å². The summed E-state index contributed by atoms with van der Waals surface area (Å²) < 4.78 is 31.6. The molecule has 0 aromatic carbocycles. The Kier molecular flexibility index (Phi) is 4.31. The smallest absolute Gasteiger partial charge is 0.250 e. The van der Waals surface area contributed by atoms with Crippen LogP contribution >= 0.6 is 22.9 Å². The van der Waals surface area contributed by atoms with Gasteiger partial charge in [-0.1, -0.05) is 0 Å². The van der Waals surface area contributed by atoms with Crippen molar-refractivity contribution in [2.24, 2.45) is 0 Å². The topological polar surface area (TPSA) is 79.4 Å². The molecule has 1 N–H and O–H groups in total. The van der Waals surface area contributed by atoms with Crippen LogP contribution in [0.15, 0.2) is 22.5 Å². The van der Waals surface area contributed by atoms with Gasteiger partial charge >= 0.3 is 0 Å². The lowest BCUT2D eigenvalue weighted by Crippen LogP contribution is -2.33. The van der Waals surface area contributed by atoms with Crippen molar-refractivity contribution in [1.82, 2.24) is 14.0 Å². The van der Waals surface area contributed by atoms with Gasteiger partial charge in [0.15, 0.2) is 0 Å². The van der Waals surface area contributed by atoms with Gasteiger partial charge < -0.3 is 4.90 Å². The van der Waals surface area contributed by atoms with Crippen LogP contribution in [0.3, 0.4) is 0 Å². The number of nitrogens with one attached hydrogen (secondary N) is 1. The maximum absolute atomic E-state index is 12.4. The SMILES string of the molecule is CC(=O)N1CCc2sc(S(=O)(=O)NCc3ccns3)cc2C1. The van der Waals surface area contributed by atoms with Crippen LogP contribution in [0.5, 0.6) is 0 Å². The van der Waals surface area contributed by atoms with Crippen LogP contribution in [0, 0.1) is 0 Å². The molecule has 0 radical (unpaired) electrons. The number of fused-ring (bicyclic) bond motifs is 1. The van der Waals surface area contributed by atoms with Gasteiger partial charge in [-0.3, -0.25) is 4.79 Å². The molecule has 0 aliphatic carbocycles. The van der Waals surface area contributed by atoms with Gasteiger partial charge in [0.25, 0.3) is 0 Å². The van der Waals surface area contributed by atoms with Crippen LogP contribution in [0.25, 0.3) is 0 Å². The van der Waals surface area contributed by atoms with E-state index in [-0.39, 0.29) is 12.5 Å². The second kappa shape index (κ2) is 6.07. The van der Waals surface area contributed by atoms with Crippen molar-refractivity contribution in [3.8, 4) is 0 Å². The first-order chi connectivity index (χ1) is 10.5. The van der Waals surface area contributed by atoms with E-state index in [0.29, 0.717) is 23.7 Å². The molecule has 0 atom stereocenters. The van der Waals surface area contributed by atoms with E-state index in [1.165, 1.54) is 29.8 Å². The Morgan fingerprint density at radius 2 is 2.32 bits per heavy atom. The molecule has 0 saturated heterocycles. The van der Waals surface area contributed by atoms with E-state index in [4.69, 9.17) is 0 Å². The molecular formula is C13H15N3O3S3. The maximum Gasteiger partial charge on any atom is 0.250 e. The molecule has 3 rings (SSSR count). The highest BCUT2D eigenvalue weighted by atomic mass is 32.2. The quantitative estimate of drug-likeness (QED) is 0.901. The number of rotatable bonds is 4. The standard InChI is InChI=1S/C13H15N3O3S3/c1-9(17)16-5-3-12-10(8-16)6-13(20-12)22(18,19)15-7-11-2-4-14-21-11/h2,4,6,15H,3,5,7-8H2,1H3. The predicted molar refractivity (Wildman–Crippen MR) is 85.3 cm³/mol. The van der Waals surface area contributed by atoms with E-state index in [1.54, 1.807) is 23.2 Å². The summed E-state index contributed by atoms with van der Waals surface area (Å²) in [6, 6.07) is 3.47. The molecule has 0 unspecified atom stereocenters. The number of amides is 1. The fourth-order valence-electron chi connectivity index (χ4n) is 2.28. The Balaban J connectivity index is 1.76. The Labute approximate surface area is 137 Å². The number of aromatic nitrogens is 1. The van der Waals surface area contributed by atoms with Gasteiger partial charge in [0.2, 0.25) is 15.9 Å². The van der Waals surface area contributed by atoms with Crippen LogP contribution in [0.2, 0.25) is 0 Å². The van der Waals surface area contributed by atoms with Gasteiger partial charge in [-0.25, -0.2) is 17.5 Å². The molecule has 1 aliphatic heterocycles. The molecule has 1 aliphatic rings.